The number of ether oxygens (including phenoxy) is 3. The van der Waals surface area contributed by atoms with Crippen molar-refractivity contribution < 1.29 is 24.1 Å². The molecule has 0 radical (unpaired) electrons. The Kier molecular flexibility index (Phi) is 7.39. The number of nitrogens with zero attached hydrogens (tertiary/aromatic N) is 2. The SMILES string of the molecule is O=C(O)C1(OCCOCCCCOc2ccc(-c3ccn[nH]3)nc2)CCCC1. The van der Waals surface area contributed by atoms with Crippen molar-refractivity contribution in [1.29, 1.82) is 0 Å². The van der Waals surface area contributed by atoms with Crippen LogP contribution in [0.15, 0.2) is 30.6 Å². The van der Waals surface area contributed by atoms with Gasteiger partial charge >= 0.3 is 5.97 Å². The molecule has 0 unspecified atom stereocenters. The van der Waals surface area contributed by atoms with Crippen LogP contribution in [0.1, 0.15) is 38.5 Å². The lowest BCUT2D eigenvalue weighted by atomic mass is 10.0. The maximum Gasteiger partial charge on any atom is 0.335 e. The fourth-order valence-corrected chi connectivity index (χ4v) is 3.28. The molecule has 8 heteroatoms. The highest BCUT2D eigenvalue weighted by Crippen LogP contribution is 2.33. The molecule has 1 fully saturated rings. The van der Waals surface area contributed by atoms with Gasteiger partial charge in [-0.25, -0.2) is 4.79 Å². The highest BCUT2D eigenvalue weighted by atomic mass is 16.6. The predicted octanol–water partition coefficient (Wildman–Crippen LogP) is 3.06. The van der Waals surface area contributed by atoms with E-state index in [9.17, 15) is 9.90 Å². The summed E-state index contributed by atoms with van der Waals surface area (Å²) < 4.78 is 16.8. The van der Waals surface area contributed by atoms with Crippen LogP contribution in [0, 0.1) is 0 Å². The molecule has 0 saturated heterocycles. The number of carbonyl (C=O) groups is 1. The van der Waals surface area contributed by atoms with Gasteiger partial charge in [-0.3, -0.25) is 10.1 Å². The number of carboxylic acid groups (broad SMARTS) is 1. The average molecular weight is 389 g/mol. The summed E-state index contributed by atoms with van der Waals surface area (Å²) in [5.41, 5.74) is 0.704. The van der Waals surface area contributed by atoms with Gasteiger partial charge in [0.25, 0.3) is 0 Å². The maximum atomic E-state index is 11.4. The van der Waals surface area contributed by atoms with Crippen molar-refractivity contribution in [2.45, 2.75) is 44.1 Å². The van der Waals surface area contributed by atoms with Crippen LogP contribution in [0.2, 0.25) is 0 Å². The predicted molar refractivity (Wildman–Crippen MR) is 102 cm³/mol. The molecule has 2 aromatic rings. The number of rotatable bonds is 12. The van der Waals surface area contributed by atoms with E-state index in [4.69, 9.17) is 14.2 Å². The summed E-state index contributed by atoms with van der Waals surface area (Å²) in [5.74, 6) is -0.123. The molecule has 1 aliphatic carbocycles. The van der Waals surface area contributed by atoms with Gasteiger partial charge in [-0.15, -0.1) is 0 Å². The Labute approximate surface area is 164 Å². The molecular weight excluding hydrogens is 362 g/mol. The number of unbranched alkanes of at least 4 members (excludes halogenated alkanes) is 1. The fourth-order valence-electron chi connectivity index (χ4n) is 3.28. The van der Waals surface area contributed by atoms with E-state index < -0.39 is 11.6 Å². The van der Waals surface area contributed by atoms with Gasteiger partial charge in [0, 0.05) is 12.8 Å². The molecule has 0 atom stereocenters. The summed E-state index contributed by atoms with van der Waals surface area (Å²) in [6.07, 6.45) is 8.13. The third-order valence-electron chi connectivity index (χ3n) is 4.87. The van der Waals surface area contributed by atoms with Crippen molar-refractivity contribution >= 4 is 5.97 Å². The van der Waals surface area contributed by atoms with E-state index in [0.717, 1.165) is 42.8 Å². The first-order chi connectivity index (χ1) is 13.7. The molecular formula is C20H27N3O5. The molecule has 28 heavy (non-hydrogen) atoms. The molecule has 1 saturated carbocycles. The van der Waals surface area contributed by atoms with Gasteiger partial charge in [0.15, 0.2) is 5.60 Å². The van der Waals surface area contributed by atoms with Crippen LogP contribution in [0.3, 0.4) is 0 Å². The van der Waals surface area contributed by atoms with E-state index in [0.29, 0.717) is 39.3 Å². The molecule has 0 bridgehead atoms. The van der Waals surface area contributed by atoms with Crippen LogP contribution in [0.4, 0.5) is 0 Å². The number of aromatic nitrogens is 3. The minimum atomic E-state index is -0.988. The van der Waals surface area contributed by atoms with Gasteiger partial charge in [0.2, 0.25) is 0 Å². The monoisotopic (exact) mass is 389 g/mol. The van der Waals surface area contributed by atoms with Gasteiger partial charge in [-0.1, -0.05) is 0 Å². The molecule has 0 aromatic carbocycles. The van der Waals surface area contributed by atoms with Crippen molar-refractivity contribution in [1.82, 2.24) is 15.2 Å². The van der Waals surface area contributed by atoms with Crippen LogP contribution in [0.25, 0.3) is 11.4 Å². The Morgan fingerprint density at radius 1 is 1.11 bits per heavy atom. The lowest BCUT2D eigenvalue weighted by Gasteiger charge is -2.24. The van der Waals surface area contributed by atoms with Crippen LogP contribution in [0.5, 0.6) is 5.75 Å². The first-order valence-electron chi connectivity index (χ1n) is 9.73. The number of nitrogens with one attached hydrogen (secondary N) is 1. The minimum Gasteiger partial charge on any atom is -0.492 e. The molecule has 8 nitrogen and oxygen atoms in total. The molecule has 2 aromatic heterocycles. The highest BCUT2D eigenvalue weighted by Gasteiger charge is 2.42. The van der Waals surface area contributed by atoms with Gasteiger partial charge < -0.3 is 19.3 Å². The summed E-state index contributed by atoms with van der Waals surface area (Å²) in [5, 5.41) is 16.1. The van der Waals surface area contributed by atoms with Gasteiger partial charge in [-0.05, 0) is 56.7 Å². The Balaban J connectivity index is 1.22. The largest absolute Gasteiger partial charge is 0.492 e. The van der Waals surface area contributed by atoms with Crippen molar-refractivity contribution in [3.8, 4) is 17.1 Å². The minimum absolute atomic E-state index is 0.317. The first-order valence-corrected chi connectivity index (χ1v) is 9.73. The van der Waals surface area contributed by atoms with Gasteiger partial charge in [0.1, 0.15) is 5.75 Å². The standard InChI is InChI=1S/C20H27N3O5/c24-19(25)20(8-1-2-9-20)28-14-13-26-11-3-4-12-27-16-5-6-17(21-15-16)18-7-10-22-23-18/h5-7,10,15H,1-4,8-9,11-14H2,(H,22,23)(H,24,25). The maximum absolute atomic E-state index is 11.4. The first kappa shape index (κ1) is 20.3. The number of pyridine rings is 1. The van der Waals surface area contributed by atoms with E-state index in [1.54, 1.807) is 12.4 Å². The highest BCUT2D eigenvalue weighted by molar-refractivity contribution is 5.77. The number of carboxylic acids is 1. The molecule has 152 valence electrons. The molecule has 2 N–H and O–H groups in total. The van der Waals surface area contributed by atoms with Crippen molar-refractivity contribution in [2.75, 3.05) is 26.4 Å². The van der Waals surface area contributed by atoms with E-state index in [1.807, 2.05) is 18.2 Å². The molecule has 1 aliphatic rings. The van der Waals surface area contributed by atoms with Crippen LogP contribution in [-0.2, 0) is 14.3 Å². The zero-order chi connectivity index (χ0) is 19.7. The summed E-state index contributed by atoms with van der Waals surface area (Å²) >= 11 is 0. The van der Waals surface area contributed by atoms with Gasteiger partial charge in [-0.2, -0.15) is 5.10 Å². The molecule has 0 spiro atoms. The molecule has 0 aliphatic heterocycles. The second-order valence-electron chi connectivity index (χ2n) is 6.87. The summed E-state index contributed by atoms with van der Waals surface area (Å²) in [6.45, 7) is 1.92. The quantitative estimate of drug-likeness (QED) is 0.537. The van der Waals surface area contributed by atoms with E-state index in [2.05, 4.69) is 15.2 Å². The number of hydrogen-bond acceptors (Lipinski definition) is 6. The Morgan fingerprint density at radius 2 is 1.93 bits per heavy atom. The van der Waals surface area contributed by atoms with Crippen LogP contribution >= 0.6 is 0 Å². The van der Waals surface area contributed by atoms with E-state index in [-0.39, 0.29) is 0 Å². The molecule has 2 heterocycles. The van der Waals surface area contributed by atoms with Crippen LogP contribution < -0.4 is 4.74 Å². The zero-order valence-electron chi connectivity index (χ0n) is 15.9. The van der Waals surface area contributed by atoms with Crippen LogP contribution in [-0.4, -0.2) is 58.3 Å². The zero-order valence-corrected chi connectivity index (χ0v) is 15.9. The number of aromatic amines is 1. The third-order valence-corrected chi connectivity index (χ3v) is 4.87. The third kappa shape index (κ3) is 5.53. The lowest BCUT2D eigenvalue weighted by Crippen LogP contribution is -2.39. The Bertz CT molecular complexity index is 712. The number of H-pyrrole nitrogens is 1. The Hall–Kier alpha value is -2.45. The average Bonchev–Trinajstić information content (AvgIpc) is 3.40. The summed E-state index contributed by atoms with van der Waals surface area (Å²) in [7, 11) is 0. The smallest absolute Gasteiger partial charge is 0.335 e. The molecule has 0 amide bonds. The van der Waals surface area contributed by atoms with E-state index in [1.165, 1.54) is 0 Å². The topological polar surface area (TPSA) is 107 Å². The Morgan fingerprint density at radius 3 is 2.61 bits per heavy atom. The van der Waals surface area contributed by atoms with E-state index >= 15 is 0 Å². The van der Waals surface area contributed by atoms with Crippen molar-refractivity contribution in [3.63, 3.8) is 0 Å². The summed E-state index contributed by atoms with van der Waals surface area (Å²) in [6, 6.07) is 5.64. The molecule has 3 rings (SSSR count). The second kappa shape index (κ2) is 10.2. The van der Waals surface area contributed by atoms with Crippen molar-refractivity contribution in [2.24, 2.45) is 0 Å². The number of aliphatic carboxylic acids is 1. The summed E-state index contributed by atoms with van der Waals surface area (Å²) in [4.78, 5) is 15.7. The number of hydrogen-bond donors (Lipinski definition) is 2. The lowest BCUT2D eigenvalue weighted by molar-refractivity contribution is -0.167. The van der Waals surface area contributed by atoms with Gasteiger partial charge in [0.05, 0.1) is 37.4 Å². The van der Waals surface area contributed by atoms with Crippen molar-refractivity contribution in [3.05, 3.63) is 30.6 Å². The second-order valence-corrected chi connectivity index (χ2v) is 6.87. The fraction of sp³-hybridized carbons (Fsp3) is 0.550. The normalized spacial score (nSPS) is 15.6.